The molecule has 2 atom stereocenters. The van der Waals surface area contributed by atoms with Crippen molar-refractivity contribution in [2.45, 2.75) is 19.0 Å². The number of nitrogens with one attached hydrogen (secondary N) is 1. The summed E-state index contributed by atoms with van der Waals surface area (Å²) >= 11 is 1.61. The van der Waals surface area contributed by atoms with E-state index in [0.29, 0.717) is 17.2 Å². The van der Waals surface area contributed by atoms with Gasteiger partial charge in [0, 0.05) is 11.3 Å². The molecule has 0 aromatic heterocycles. The highest BCUT2D eigenvalue weighted by atomic mass is 32.2. The summed E-state index contributed by atoms with van der Waals surface area (Å²) in [4.78, 5) is 27.0. The molecule has 0 radical (unpaired) electrons. The summed E-state index contributed by atoms with van der Waals surface area (Å²) in [7, 11) is 0. The van der Waals surface area contributed by atoms with Crippen LogP contribution in [0.25, 0.3) is 0 Å². The van der Waals surface area contributed by atoms with Crippen LogP contribution in [0.15, 0.2) is 60.7 Å². The van der Waals surface area contributed by atoms with Gasteiger partial charge >= 0.3 is 0 Å². The summed E-state index contributed by atoms with van der Waals surface area (Å²) in [6.07, 6.45) is 0. The van der Waals surface area contributed by atoms with Crippen molar-refractivity contribution in [2.24, 2.45) is 0 Å². The largest absolute Gasteiger partial charge is 0.348 e. The van der Waals surface area contributed by atoms with Crippen LogP contribution < -0.4 is 5.32 Å². The minimum atomic E-state index is -0.422. The topological polar surface area (TPSA) is 49.4 Å². The van der Waals surface area contributed by atoms with Crippen molar-refractivity contribution in [3.8, 4) is 0 Å². The van der Waals surface area contributed by atoms with E-state index in [0.717, 1.165) is 5.56 Å². The van der Waals surface area contributed by atoms with Crippen molar-refractivity contribution >= 4 is 23.6 Å². The van der Waals surface area contributed by atoms with Crippen LogP contribution in [-0.2, 0) is 4.79 Å². The minimum absolute atomic E-state index is 0.0852. The average Bonchev–Trinajstić information content (AvgIpc) is 3.12. The van der Waals surface area contributed by atoms with Crippen molar-refractivity contribution in [2.75, 3.05) is 11.6 Å². The van der Waals surface area contributed by atoms with Crippen LogP contribution in [0.4, 0.5) is 0 Å². The van der Waals surface area contributed by atoms with E-state index in [4.69, 9.17) is 0 Å². The Morgan fingerprint density at radius 2 is 1.71 bits per heavy atom. The summed E-state index contributed by atoms with van der Waals surface area (Å²) in [5, 5.41) is 3.03. The fourth-order valence-corrected chi connectivity index (χ4v) is 3.90. The summed E-state index contributed by atoms with van der Waals surface area (Å²) in [5.41, 5.74) is 1.67. The Bertz CT molecular complexity index is 706. The Balaban J connectivity index is 1.69. The Hall–Kier alpha value is -2.27. The zero-order valence-electron chi connectivity index (χ0n) is 13.5. The van der Waals surface area contributed by atoms with Crippen LogP contribution in [0.3, 0.4) is 0 Å². The van der Waals surface area contributed by atoms with E-state index in [2.05, 4.69) is 5.32 Å². The molecule has 1 aliphatic heterocycles. The Labute approximate surface area is 146 Å². The summed E-state index contributed by atoms with van der Waals surface area (Å²) < 4.78 is 0. The first-order valence-corrected chi connectivity index (χ1v) is 9.11. The monoisotopic (exact) mass is 340 g/mol. The normalized spacial score (nSPS) is 18.2. The standard InChI is InChI=1S/C19H20N2O2S/c1-14(15-8-4-2-5-9-15)20-18(22)17-12-24-13-21(17)19(23)16-10-6-3-7-11-16/h2-11,14,17H,12-13H2,1H3,(H,20,22)/t14?,17-/m1/s1. The third-order valence-electron chi connectivity index (χ3n) is 4.12. The molecule has 0 spiro atoms. The van der Waals surface area contributed by atoms with Gasteiger partial charge in [-0.1, -0.05) is 48.5 Å². The van der Waals surface area contributed by atoms with Gasteiger partial charge in [-0.3, -0.25) is 9.59 Å². The smallest absolute Gasteiger partial charge is 0.255 e. The molecule has 0 saturated carbocycles. The molecule has 2 aromatic rings. The first-order chi connectivity index (χ1) is 11.7. The molecule has 2 amide bonds. The second-order valence-corrected chi connectivity index (χ2v) is 6.80. The number of carbonyl (C=O) groups excluding carboxylic acids is 2. The van der Waals surface area contributed by atoms with E-state index in [1.807, 2.05) is 55.5 Å². The van der Waals surface area contributed by atoms with Gasteiger partial charge in [-0.05, 0) is 24.6 Å². The zero-order chi connectivity index (χ0) is 16.9. The van der Waals surface area contributed by atoms with Crippen LogP contribution in [0.5, 0.6) is 0 Å². The number of carbonyl (C=O) groups is 2. The second-order valence-electron chi connectivity index (χ2n) is 5.80. The lowest BCUT2D eigenvalue weighted by Crippen LogP contribution is -2.47. The van der Waals surface area contributed by atoms with Crippen molar-refractivity contribution in [1.82, 2.24) is 10.2 Å². The lowest BCUT2D eigenvalue weighted by Gasteiger charge is -2.25. The van der Waals surface area contributed by atoms with Gasteiger partial charge < -0.3 is 10.2 Å². The molecule has 124 valence electrons. The highest BCUT2D eigenvalue weighted by Gasteiger charge is 2.35. The number of benzene rings is 2. The number of amides is 2. The van der Waals surface area contributed by atoms with Gasteiger partial charge in [0.2, 0.25) is 5.91 Å². The van der Waals surface area contributed by atoms with Crippen molar-refractivity contribution < 1.29 is 9.59 Å². The van der Waals surface area contributed by atoms with Gasteiger partial charge in [0.25, 0.3) is 5.91 Å². The molecule has 0 aliphatic carbocycles. The van der Waals surface area contributed by atoms with Gasteiger partial charge in [0.1, 0.15) is 6.04 Å². The van der Waals surface area contributed by atoms with Crippen LogP contribution >= 0.6 is 11.8 Å². The molecule has 0 bridgehead atoms. The summed E-state index contributed by atoms with van der Waals surface area (Å²) in [5.74, 6) is 0.992. The van der Waals surface area contributed by atoms with Crippen molar-refractivity contribution in [3.05, 3.63) is 71.8 Å². The second kappa shape index (κ2) is 7.53. The molecule has 3 rings (SSSR count). The predicted molar refractivity (Wildman–Crippen MR) is 96.7 cm³/mol. The maximum atomic E-state index is 12.7. The highest BCUT2D eigenvalue weighted by molar-refractivity contribution is 7.99. The van der Waals surface area contributed by atoms with Crippen LogP contribution in [-0.4, -0.2) is 34.4 Å². The van der Waals surface area contributed by atoms with Crippen LogP contribution in [0.2, 0.25) is 0 Å². The van der Waals surface area contributed by atoms with E-state index in [1.54, 1.807) is 28.8 Å². The number of hydrogen-bond donors (Lipinski definition) is 1. The van der Waals surface area contributed by atoms with Gasteiger partial charge in [-0.15, -0.1) is 11.8 Å². The molecule has 1 unspecified atom stereocenters. The van der Waals surface area contributed by atoms with Gasteiger partial charge in [0.05, 0.1) is 11.9 Å². The summed E-state index contributed by atoms with van der Waals surface area (Å²) in [6, 6.07) is 18.4. The zero-order valence-corrected chi connectivity index (χ0v) is 14.3. The van der Waals surface area contributed by atoms with Crippen molar-refractivity contribution in [1.29, 1.82) is 0 Å². The number of hydrogen-bond acceptors (Lipinski definition) is 3. The molecule has 1 aliphatic rings. The predicted octanol–water partition coefficient (Wildman–Crippen LogP) is 3.08. The maximum Gasteiger partial charge on any atom is 0.255 e. The average molecular weight is 340 g/mol. The molecule has 1 saturated heterocycles. The Morgan fingerprint density at radius 3 is 2.38 bits per heavy atom. The molecule has 1 heterocycles. The Kier molecular flexibility index (Phi) is 5.20. The van der Waals surface area contributed by atoms with E-state index in [-0.39, 0.29) is 17.9 Å². The molecule has 24 heavy (non-hydrogen) atoms. The molecular weight excluding hydrogens is 320 g/mol. The van der Waals surface area contributed by atoms with E-state index in [1.165, 1.54) is 0 Å². The van der Waals surface area contributed by atoms with E-state index in [9.17, 15) is 9.59 Å². The number of thioether (sulfide) groups is 1. The lowest BCUT2D eigenvalue weighted by molar-refractivity contribution is -0.125. The minimum Gasteiger partial charge on any atom is -0.348 e. The Morgan fingerprint density at radius 1 is 1.08 bits per heavy atom. The summed E-state index contributed by atoms with van der Waals surface area (Å²) in [6.45, 7) is 1.96. The molecule has 4 nitrogen and oxygen atoms in total. The van der Waals surface area contributed by atoms with E-state index >= 15 is 0 Å². The molecule has 5 heteroatoms. The number of nitrogens with zero attached hydrogens (tertiary/aromatic N) is 1. The molecule has 1 N–H and O–H groups in total. The fourth-order valence-electron chi connectivity index (χ4n) is 2.74. The quantitative estimate of drug-likeness (QED) is 0.930. The third-order valence-corrected chi connectivity index (χ3v) is 5.14. The SMILES string of the molecule is CC(NC(=O)[C@H]1CSCN1C(=O)c1ccccc1)c1ccccc1. The lowest BCUT2D eigenvalue weighted by atomic mass is 10.1. The maximum absolute atomic E-state index is 12.7. The van der Waals surface area contributed by atoms with Crippen LogP contribution in [0, 0.1) is 0 Å². The molecular formula is C19H20N2O2S. The van der Waals surface area contributed by atoms with Crippen molar-refractivity contribution in [3.63, 3.8) is 0 Å². The molecule has 2 aromatic carbocycles. The van der Waals surface area contributed by atoms with Gasteiger partial charge in [-0.25, -0.2) is 0 Å². The van der Waals surface area contributed by atoms with E-state index < -0.39 is 6.04 Å². The number of rotatable bonds is 4. The van der Waals surface area contributed by atoms with Gasteiger partial charge in [0.15, 0.2) is 0 Å². The third kappa shape index (κ3) is 3.62. The molecule has 1 fully saturated rings. The fraction of sp³-hybridized carbons (Fsp3) is 0.263. The first-order valence-electron chi connectivity index (χ1n) is 7.96. The highest BCUT2D eigenvalue weighted by Crippen LogP contribution is 2.24. The first kappa shape index (κ1) is 16.6. The van der Waals surface area contributed by atoms with Gasteiger partial charge in [-0.2, -0.15) is 0 Å². The van der Waals surface area contributed by atoms with Crippen LogP contribution in [0.1, 0.15) is 28.9 Å².